The summed E-state index contributed by atoms with van der Waals surface area (Å²) in [5, 5.41) is 0. The monoisotopic (exact) mass is 249 g/mol. The first-order valence-corrected chi connectivity index (χ1v) is 5.79. The zero-order valence-electron chi connectivity index (χ0n) is 10.6. The van der Waals surface area contributed by atoms with Gasteiger partial charge in [-0.25, -0.2) is 9.69 Å². The van der Waals surface area contributed by atoms with Crippen molar-refractivity contribution in [3.63, 3.8) is 0 Å². The van der Waals surface area contributed by atoms with Crippen LogP contribution < -0.4 is 0 Å². The summed E-state index contributed by atoms with van der Waals surface area (Å²) in [4.78, 5) is 36.3. The van der Waals surface area contributed by atoms with E-state index in [9.17, 15) is 14.4 Å². The molecule has 1 heterocycles. The fourth-order valence-electron chi connectivity index (χ4n) is 1.96. The number of ketones is 1. The number of carbonyl (C=O) groups is 3. The molecule has 18 heavy (non-hydrogen) atoms. The number of carbonyl (C=O) groups excluding carboxylic acids is 3. The Morgan fingerprint density at radius 1 is 1.39 bits per heavy atom. The molecule has 5 heteroatoms. The quantitative estimate of drug-likeness (QED) is 0.614. The van der Waals surface area contributed by atoms with E-state index in [2.05, 4.69) is 0 Å². The van der Waals surface area contributed by atoms with Gasteiger partial charge in [-0.3, -0.25) is 9.59 Å². The standard InChI is InChI=1S/C13H15NO4/c1-13(2,3)18-12(17)14-9-7-5-4-6-8(9)10(15)11(14)16/h4-5,7-8H,6H2,1-3H3. The second kappa shape index (κ2) is 4.08. The first kappa shape index (κ1) is 12.5. The average molecular weight is 249 g/mol. The minimum atomic E-state index is -0.802. The highest BCUT2D eigenvalue weighted by Gasteiger charge is 2.47. The molecule has 0 aromatic rings. The van der Waals surface area contributed by atoms with Gasteiger partial charge in [0.25, 0.3) is 0 Å². The second-order valence-electron chi connectivity index (χ2n) is 5.29. The van der Waals surface area contributed by atoms with Crippen LogP contribution in [0.1, 0.15) is 27.2 Å². The van der Waals surface area contributed by atoms with Crippen molar-refractivity contribution in [1.82, 2.24) is 4.90 Å². The van der Waals surface area contributed by atoms with Gasteiger partial charge in [-0.1, -0.05) is 12.2 Å². The Labute approximate surface area is 105 Å². The van der Waals surface area contributed by atoms with Crippen LogP contribution >= 0.6 is 0 Å². The normalized spacial score (nSPS) is 22.9. The van der Waals surface area contributed by atoms with Crippen LogP contribution in [0.3, 0.4) is 0 Å². The van der Waals surface area contributed by atoms with E-state index in [-0.39, 0.29) is 0 Å². The highest BCUT2D eigenvalue weighted by atomic mass is 16.6. The molecule has 2 amide bonds. The zero-order valence-corrected chi connectivity index (χ0v) is 10.6. The van der Waals surface area contributed by atoms with Crippen LogP contribution in [0.2, 0.25) is 0 Å². The highest BCUT2D eigenvalue weighted by Crippen LogP contribution is 2.33. The molecule has 0 bridgehead atoms. The van der Waals surface area contributed by atoms with E-state index in [0.29, 0.717) is 12.1 Å². The van der Waals surface area contributed by atoms with Gasteiger partial charge in [0, 0.05) is 5.70 Å². The van der Waals surface area contributed by atoms with Crippen molar-refractivity contribution in [2.75, 3.05) is 0 Å². The summed E-state index contributed by atoms with van der Waals surface area (Å²) in [6, 6.07) is 0. The Balaban J connectivity index is 2.29. The topological polar surface area (TPSA) is 63.7 Å². The summed E-state index contributed by atoms with van der Waals surface area (Å²) in [6.07, 6.45) is 4.81. The van der Waals surface area contributed by atoms with Gasteiger partial charge in [-0.05, 0) is 33.3 Å². The molecule has 0 saturated carbocycles. The molecule has 1 aliphatic heterocycles. The lowest BCUT2D eigenvalue weighted by molar-refractivity contribution is -0.140. The average Bonchev–Trinajstić information content (AvgIpc) is 2.50. The molecular weight excluding hydrogens is 234 g/mol. The molecule has 0 N–H and O–H groups in total. The van der Waals surface area contributed by atoms with Gasteiger partial charge in [-0.15, -0.1) is 0 Å². The van der Waals surface area contributed by atoms with Crippen molar-refractivity contribution >= 4 is 17.8 Å². The predicted octanol–water partition coefficient (Wildman–Crippen LogP) is 1.79. The van der Waals surface area contributed by atoms with E-state index in [0.717, 1.165) is 4.90 Å². The molecule has 0 aromatic carbocycles. The number of hydrogen-bond donors (Lipinski definition) is 0. The fraction of sp³-hybridized carbons (Fsp3) is 0.462. The summed E-state index contributed by atoms with van der Waals surface area (Å²) in [7, 11) is 0. The summed E-state index contributed by atoms with van der Waals surface area (Å²) < 4.78 is 5.14. The zero-order chi connectivity index (χ0) is 13.5. The fourth-order valence-corrected chi connectivity index (χ4v) is 1.96. The molecule has 1 aliphatic carbocycles. The Morgan fingerprint density at radius 3 is 2.67 bits per heavy atom. The molecule has 1 unspecified atom stereocenters. The van der Waals surface area contributed by atoms with Crippen molar-refractivity contribution in [2.24, 2.45) is 5.92 Å². The number of ether oxygens (including phenoxy) is 1. The van der Waals surface area contributed by atoms with Crippen LogP contribution in [-0.2, 0) is 14.3 Å². The minimum absolute atomic E-state index is 0.418. The maximum atomic E-state index is 11.9. The summed E-state index contributed by atoms with van der Waals surface area (Å²) in [5.74, 6) is -1.88. The van der Waals surface area contributed by atoms with E-state index in [1.165, 1.54) is 0 Å². The lowest BCUT2D eigenvalue weighted by Crippen LogP contribution is -2.37. The summed E-state index contributed by atoms with van der Waals surface area (Å²) in [6.45, 7) is 5.12. The van der Waals surface area contributed by atoms with Gasteiger partial charge in [0.05, 0.1) is 5.92 Å². The van der Waals surface area contributed by atoms with Gasteiger partial charge < -0.3 is 4.74 Å². The Bertz CT molecular complexity index is 482. The number of allylic oxidation sites excluding steroid dienone is 4. The molecular formula is C13H15NO4. The van der Waals surface area contributed by atoms with Crippen LogP contribution in [0.5, 0.6) is 0 Å². The van der Waals surface area contributed by atoms with Crippen LogP contribution in [0.4, 0.5) is 4.79 Å². The SMILES string of the molecule is CC(C)(C)OC(=O)N1C(=O)C(=O)C2CC=CC=C21. The first-order chi connectivity index (χ1) is 8.31. The summed E-state index contributed by atoms with van der Waals surface area (Å²) >= 11 is 0. The first-order valence-electron chi connectivity index (χ1n) is 5.79. The number of rotatable bonds is 0. The third-order valence-electron chi connectivity index (χ3n) is 2.70. The molecule has 96 valence electrons. The van der Waals surface area contributed by atoms with E-state index < -0.39 is 29.3 Å². The van der Waals surface area contributed by atoms with Crippen LogP contribution in [-0.4, -0.2) is 28.3 Å². The maximum Gasteiger partial charge on any atom is 0.421 e. The highest BCUT2D eigenvalue weighted by molar-refractivity contribution is 6.43. The number of nitrogens with zero attached hydrogens (tertiary/aromatic N) is 1. The molecule has 1 saturated heterocycles. The van der Waals surface area contributed by atoms with Crippen molar-refractivity contribution in [2.45, 2.75) is 32.8 Å². The number of fused-ring (bicyclic) bond motifs is 1. The molecule has 0 spiro atoms. The van der Waals surface area contributed by atoms with Gasteiger partial charge in [0.2, 0.25) is 5.78 Å². The van der Waals surface area contributed by atoms with Crippen LogP contribution in [0.25, 0.3) is 0 Å². The van der Waals surface area contributed by atoms with Crippen molar-refractivity contribution in [3.05, 3.63) is 23.9 Å². The van der Waals surface area contributed by atoms with E-state index >= 15 is 0 Å². The third kappa shape index (κ3) is 2.08. The maximum absolute atomic E-state index is 11.9. The number of likely N-dealkylation sites (tertiary alicyclic amines) is 1. The van der Waals surface area contributed by atoms with Crippen molar-refractivity contribution in [1.29, 1.82) is 0 Å². The van der Waals surface area contributed by atoms with Crippen molar-refractivity contribution in [3.8, 4) is 0 Å². The van der Waals surface area contributed by atoms with Gasteiger partial charge in [0.1, 0.15) is 5.60 Å². The number of Topliss-reactive ketones (excluding diaryl/α,β-unsaturated/α-hetero) is 1. The third-order valence-corrected chi connectivity index (χ3v) is 2.70. The van der Waals surface area contributed by atoms with Gasteiger partial charge in [-0.2, -0.15) is 0 Å². The van der Waals surface area contributed by atoms with E-state index in [1.807, 2.05) is 0 Å². The Kier molecular flexibility index (Phi) is 2.84. The lowest BCUT2D eigenvalue weighted by Gasteiger charge is -2.24. The molecule has 5 nitrogen and oxygen atoms in total. The number of imide groups is 1. The Hall–Kier alpha value is -1.91. The summed E-state index contributed by atoms with van der Waals surface area (Å²) in [5.41, 5.74) is -0.287. The largest absolute Gasteiger partial charge is 0.443 e. The number of amides is 2. The van der Waals surface area contributed by atoms with E-state index in [4.69, 9.17) is 4.74 Å². The molecule has 2 aliphatic rings. The Morgan fingerprint density at radius 2 is 2.06 bits per heavy atom. The predicted molar refractivity (Wildman–Crippen MR) is 63.4 cm³/mol. The van der Waals surface area contributed by atoms with Crippen LogP contribution in [0, 0.1) is 5.92 Å². The minimum Gasteiger partial charge on any atom is -0.443 e. The molecule has 1 fully saturated rings. The molecule has 1 atom stereocenters. The van der Waals surface area contributed by atoms with Crippen LogP contribution in [0.15, 0.2) is 23.9 Å². The van der Waals surface area contributed by atoms with Gasteiger partial charge >= 0.3 is 12.0 Å². The van der Waals surface area contributed by atoms with Gasteiger partial charge in [0.15, 0.2) is 0 Å². The van der Waals surface area contributed by atoms with E-state index in [1.54, 1.807) is 39.0 Å². The molecule has 0 radical (unpaired) electrons. The second-order valence-corrected chi connectivity index (χ2v) is 5.29. The smallest absolute Gasteiger partial charge is 0.421 e. The lowest BCUT2D eigenvalue weighted by atomic mass is 9.96. The number of hydrogen-bond acceptors (Lipinski definition) is 4. The molecule has 0 aromatic heterocycles. The van der Waals surface area contributed by atoms with Crippen molar-refractivity contribution < 1.29 is 19.1 Å². The molecule has 2 rings (SSSR count).